The molecule has 0 aliphatic carbocycles. The highest BCUT2D eigenvalue weighted by atomic mass is 19.3. The van der Waals surface area contributed by atoms with Crippen LogP contribution in [0.3, 0.4) is 0 Å². The smallest absolute Gasteiger partial charge is 0.302 e. The fourth-order valence-corrected chi connectivity index (χ4v) is 4.27. The van der Waals surface area contributed by atoms with Gasteiger partial charge in [0.25, 0.3) is 0 Å². The van der Waals surface area contributed by atoms with Gasteiger partial charge in [0, 0.05) is 37.2 Å². The second-order valence-electron chi connectivity index (χ2n) is 8.74. The van der Waals surface area contributed by atoms with Gasteiger partial charge in [0.15, 0.2) is 11.5 Å². The van der Waals surface area contributed by atoms with Crippen LogP contribution in [0.25, 0.3) is 10.9 Å². The average molecular weight is 521 g/mol. The maximum absolute atomic E-state index is 15.5. The lowest BCUT2D eigenvalue weighted by Crippen LogP contribution is -2.47. The molecule has 200 valence electrons. The van der Waals surface area contributed by atoms with Crippen LogP contribution in [0.1, 0.15) is 29.9 Å². The topological polar surface area (TPSA) is 86.8 Å². The Bertz CT molecular complexity index is 1240. The number of fused-ring (bicyclic) bond motifs is 1. The van der Waals surface area contributed by atoms with E-state index in [4.69, 9.17) is 18.9 Å². The van der Waals surface area contributed by atoms with Gasteiger partial charge in [0.2, 0.25) is 0 Å². The molecular formula is C26H31F3N4O4. The van der Waals surface area contributed by atoms with Crippen molar-refractivity contribution in [1.29, 1.82) is 0 Å². The van der Waals surface area contributed by atoms with Crippen molar-refractivity contribution in [3.63, 3.8) is 0 Å². The third-order valence-electron chi connectivity index (χ3n) is 6.18. The minimum absolute atomic E-state index is 0.0606. The van der Waals surface area contributed by atoms with Gasteiger partial charge in [-0.3, -0.25) is 0 Å². The molecule has 0 unspecified atom stereocenters. The quantitative estimate of drug-likeness (QED) is 0.382. The Morgan fingerprint density at radius 3 is 2.70 bits per heavy atom. The summed E-state index contributed by atoms with van der Waals surface area (Å²) in [5, 5.41) is 6.65. The number of halogens is 3. The van der Waals surface area contributed by atoms with Crippen LogP contribution in [0.5, 0.6) is 11.5 Å². The van der Waals surface area contributed by atoms with Crippen molar-refractivity contribution >= 4 is 16.7 Å². The van der Waals surface area contributed by atoms with Crippen molar-refractivity contribution in [3.05, 3.63) is 53.1 Å². The Morgan fingerprint density at radius 2 is 2.00 bits per heavy atom. The zero-order chi connectivity index (χ0) is 26.6. The number of nitrogens with zero attached hydrogens (tertiary/aromatic N) is 2. The third-order valence-corrected chi connectivity index (χ3v) is 6.18. The number of rotatable bonds is 10. The number of benzene rings is 2. The Labute approximate surface area is 213 Å². The lowest BCUT2D eigenvalue weighted by Gasteiger charge is -2.31. The summed E-state index contributed by atoms with van der Waals surface area (Å²) in [6.45, 7) is 4.66. The van der Waals surface area contributed by atoms with Gasteiger partial charge in [-0.1, -0.05) is 12.1 Å². The molecule has 0 amide bonds. The molecular weight excluding hydrogens is 489 g/mol. The largest absolute Gasteiger partial charge is 0.493 e. The van der Waals surface area contributed by atoms with Crippen molar-refractivity contribution < 1.29 is 32.1 Å². The fourth-order valence-electron chi connectivity index (χ4n) is 4.27. The maximum atomic E-state index is 15.5. The molecule has 8 nitrogen and oxygen atoms in total. The van der Waals surface area contributed by atoms with E-state index in [1.807, 2.05) is 0 Å². The van der Waals surface area contributed by atoms with Gasteiger partial charge >= 0.3 is 5.92 Å². The van der Waals surface area contributed by atoms with Crippen molar-refractivity contribution in [2.24, 2.45) is 0 Å². The second-order valence-corrected chi connectivity index (χ2v) is 8.74. The Kier molecular flexibility index (Phi) is 8.35. The van der Waals surface area contributed by atoms with Gasteiger partial charge in [-0.05, 0) is 26.0 Å². The molecule has 4 rings (SSSR count). The number of alkyl halides is 2. The summed E-state index contributed by atoms with van der Waals surface area (Å²) in [4.78, 5) is 8.97. The van der Waals surface area contributed by atoms with Crippen LogP contribution in [-0.2, 0) is 15.4 Å². The number of methoxy groups -OCH3 is 2. The van der Waals surface area contributed by atoms with Crippen molar-refractivity contribution in [2.45, 2.75) is 31.9 Å². The van der Waals surface area contributed by atoms with E-state index >= 15 is 13.2 Å². The molecule has 2 N–H and O–H groups in total. The first kappa shape index (κ1) is 26.9. The van der Waals surface area contributed by atoms with Crippen LogP contribution in [-0.4, -0.2) is 63.2 Å². The van der Waals surface area contributed by atoms with Crippen molar-refractivity contribution in [3.8, 4) is 11.5 Å². The number of ether oxygens (including phenoxy) is 4. The molecule has 1 fully saturated rings. The lowest BCUT2D eigenvalue weighted by atomic mass is 9.96. The van der Waals surface area contributed by atoms with Crippen molar-refractivity contribution in [2.75, 3.05) is 52.4 Å². The molecule has 1 saturated heterocycles. The highest BCUT2D eigenvalue weighted by molar-refractivity contribution is 5.92. The third kappa shape index (κ3) is 5.73. The number of hydrogen-bond donors (Lipinski definition) is 2. The minimum atomic E-state index is -3.50. The summed E-state index contributed by atoms with van der Waals surface area (Å²) >= 11 is 0. The predicted octanol–water partition coefficient (Wildman–Crippen LogP) is 4.36. The van der Waals surface area contributed by atoms with Crippen molar-refractivity contribution in [1.82, 2.24) is 15.3 Å². The number of nitrogens with one attached hydrogen (secondary N) is 2. The molecule has 2 heterocycles. The lowest BCUT2D eigenvalue weighted by molar-refractivity contribution is -0.153. The van der Waals surface area contributed by atoms with E-state index in [-0.39, 0.29) is 18.7 Å². The van der Waals surface area contributed by atoms with Gasteiger partial charge in [0.1, 0.15) is 30.2 Å². The molecule has 0 bridgehead atoms. The zero-order valence-electron chi connectivity index (χ0n) is 21.2. The molecule has 37 heavy (non-hydrogen) atoms. The van der Waals surface area contributed by atoms with E-state index in [1.54, 1.807) is 33.1 Å². The highest BCUT2D eigenvalue weighted by Crippen LogP contribution is 2.39. The summed E-state index contributed by atoms with van der Waals surface area (Å²) < 4.78 is 67.4. The predicted molar refractivity (Wildman–Crippen MR) is 133 cm³/mol. The molecule has 1 aliphatic rings. The van der Waals surface area contributed by atoms with Gasteiger partial charge in [-0.15, -0.1) is 0 Å². The van der Waals surface area contributed by atoms with Crippen LogP contribution >= 0.6 is 0 Å². The Hall–Kier alpha value is -3.15. The minimum Gasteiger partial charge on any atom is -0.493 e. The highest BCUT2D eigenvalue weighted by Gasteiger charge is 2.45. The van der Waals surface area contributed by atoms with Crippen LogP contribution in [0.4, 0.5) is 19.0 Å². The van der Waals surface area contributed by atoms with Crippen LogP contribution in [0.2, 0.25) is 0 Å². The number of anilines is 1. The molecule has 11 heteroatoms. The summed E-state index contributed by atoms with van der Waals surface area (Å²) in [6.07, 6.45) is -1.45. The molecule has 1 aliphatic heterocycles. The van der Waals surface area contributed by atoms with Crippen LogP contribution in [0.15, 0.2) is 30.3 Å². The van der Waals surface area contributed by atoms with E-state index in [9.17, 15) is 0 Å². The second kappa shape index (κ2) is 11.5. The van der Waals surface area contributed by atoms with E-state index in [1.165, 1.54) is 19.2 Å². The molecule has 2 aromatic carbocycles. The first-order valence-electron chi connectivity index (χ1n) is 12.0. The SMILES string of the molecule is COCCOc1cc2c(N[C@H](C)c3cccc(C(F)(F)[C@@H]4CNCCO4)c3F)nc(C)nc2cc1OC. The zero-order valence-corrected chi connectivity index (χ0v) is 21.2. The maximum Gasteiger partial charge on any atom is 0.302 e. The Balaban J connectivity index is 1.67. The summed E-state index contributed by atoms with van der Waals surface area (Å²) in [7, 11) is 3.10. The number of hydrogen-bond acceptors (Lipinski definition) is 8. The molecule has 2 atom stereocenters. The standard InChI is InChI=1S/C26H31F3N4O4/c1-15(17-6-5-7-19(24(17)27)26(28,29)23-14-30-8-9-37-23)31-25-18-12-22(36-11-10-34-3)21(35-4)13-20(18)32-16(2)33-25/h5-7,12-13,15,23,30H,8-11,14H2,1-4H3,(H,31,32,33)/t15-,23+/m1/s1. The van der Waals surface area contributed by atoms with Crippen LogP contribution in [0, 0.1) is 12.7 Å². The van der Waals surface area contributed by atoms with E-state index < -0.39 is 29.4 Å². The molecule has 0 spiro atoms. The van der Waals surface area contributed by atoms with E-state index in [0.717, 1.165) is 6.07 Å². The Morgan fingerprint density at radius 1 is 1.19 bits per heavy atom. The summed E-state index contributed by atoms with van der Waals surface area (Å²) in [5.41, 5.74) is -0.0362. The molecule has 0 saturated carbocycles. The first-order valence-corrected chi connectivity index (χ1v) is 12.0. The summed E-state index contributed by atoms with van der Waals surface area (Å²) in [6, 6.07) is 6.76. The molecule has 1 aromatic heterocycles. The van der Waals surface area contributed by atoms with Gasteiger partial charge in [0.05, 0.1) is 37.4 Å². The number of aromatic nitrogens is 2. The van der Waals surface area contributed by atoms with E-state index in [0.29, 0.717) is 53.8 Å². The average Bonchev–Trinajstić information content (AvgIpc) is 2.89. The van der Waals surface area contributed by atoms with Gasteiger partial charge in [-0.2, -0.15) is 8.78 Å². The van der Waals surface area contributed by atoms with Gasteiger partial charge in [-0.25, -0.2) is 14.4 Å². The number of aryl methyl sites for hydroxylation is 1. The van der Waals surface area contributed by atoms with E-state index in [2.05, 4.69) is 20.6 Å². The first-order chi connectivity index (χ1) is 17.8. The monoisotopic (exact) mass is 520 g/mol. The van der Waals surface area contributed by atoms with Crippen LogP contribution < -0.4 is 20.1 Å². The normalized spacial score (nSPS) is 17.0. The fraction of sp³-hybridized carbons (Fsp3) is 0.462. The number of morpholine rings is 1. The molecule has 0 radical (unpaired) electrons. The summed E-state index contributed by atoms with van der Waals surface area (Å²) in [5.74, 6) is -2.66. The van der Waals surface area contributed by atoms with Gasteiger partial charge < -0.3 is 29.6 Å². The molecule has 3 aromatic rings.